The Morgan fingerprint density at radius 2 is 2.40 bits per heavy atom. The number of hydrogen-bond acceptors (Lipinski definition) is 2. The molecule has 1 fully saturated rings. The van der Waals surface area contributed by atoms with Gasteiger partial charge in [-0.3, -0.25) is 4.79 Å². The molecule has 1 saturated heterocycles. The van der Waals surface area contributed by atoms with Gasteiger partial charge in [0.25, 0.3) is 0 Å². The summed E-state index contributed by atoms with van der Waals surface area (Å²) in [5.74, 6) is 0.406. The fourth-order valence-corrected chi connectivity index (χ4v) is 1.34. The summed E-state index contributed by atoms with van der Waals surface area (Å²) in [6, 6.07) is 0. The van der Waals surface area contributed by atoms with Crippen molar-refractivity contribution in [1.29, 1.82) is 0 Å². The van der Waals surface area contributed by atoms with E-state index in [9.17, 15) is 4.79 Å². The van der Waals surface area contributed by atoms with Crippen molar-refractivity contribution in [2.24, 2.45) is 0 Å². The second-order valence-corrected chi connectivity index (χ2v) is 3.31. The average molecular weight is 141 g/mol. The highest BCUT2D eigenvalue weighted by molar-refractivity contribution is 5.80. The van der Waals surface area contributed by atoms with E-state index in [1.807, 2.05) is 0 Å². The largest absolute Gasteiger partial charge is 0.311 e. The summed E-state index contributed by atoms with van der Waals surface area (Å²) in [6.45, 7) is 5.10. The van der Waals surface area contributed by atoms with Crippen molar-refractivity contribution in [3.8, 4) is 0 Å². The van der Waals surface area contributed by atoms with Gasteiger partial charge in [0.2, 0.25) is 0 Å². The number of carbonyl (C=O) groups is 1. The fourth-order valence-electron chi connectivity index (χ4n) is 1.34. The maximum absolute atomic E-state index is 11.0. The lowest BCUT2D eigenvalue weighted by Crippen LogP contribution is -2.48. The summed E-state index contributed by atoms with van der Waals surface area (Å²) >= 11 is 0. The zero-order valence-electron chi connectivity index (χ0n) is 6.74. The first-order valence-electron chi connectivity index (χ1n) is 3.93. The van der Waals surface area contributed by atoms with E-state index in [0.29, 0.717) is 12.2 Å². The summed E-state index contributed by atoms with van der Waals surface area (Å²) in [4.78, 5) is 11.0. The molecule has 1 aliphatic heterocycles. The molecule has 1 atom stereocenters. The van der Waals surface area contributed by atoms with Gasteiger partial charge in [0.1, 0.15) is 5.78 Å². The molecule has 0 radical (unpaired) electrons. The van der Waals surface area contributed by atoms with Gasteiger partial charge in [-0.2, -0.15) is 0 Å². The van der Waals surface area contributed by atoms with E-state index in [-0.39, 0.29) is 5.54 Å². The number of rotatable bonds is 1. The number of carbonyl (C=O) groups excluding carboxylic acids is 1. The molecule has 0 spiro atoms. The van der Waals surface area contributed by atoms with Crippen LogP contribution in [0.3, 0.4) is 0 Å². The number of Topliss-reactive ketones (excluding diaryl/α,β-unsaturated/α-hetero) is 1. The standard InChI is InChI=1S/C8H15NO/c1-3-8(2)6-7(10)4-5-9-8/h9H,3-6H2,1-2H3. The minimum Gasteiger partial charge on any atom is -0.311 e. The Morgan fingerprint density at radius 3 is 2.80 bits per heavy atom. The third-order valence-electron chi connectivity index (χ3n) is 2.32. The molecule has 0 aliphatic carbocycles. The van der Waals surface area contributed by atoms with Crippen LogP contribution in [-0.4, -0.2) is 17.9 Å². The first-order valence-corrected chi connectivity index (χ1v) is 3.93. The van der Waals surface area contributed by atoms with Crippen molar-refractivity contribution >= 4 is 5.78 Å². The molecule has 10 heavy (non-hydrogen) atoms. The Kier molecular flexibility index (Phi) is 2.09. The van der Waals surface area contributed by atoms with E-state index in [2.05, 4.69) is 19.2 Å². The third-order valence-corrected chi connectivity index (χ3v) is 2.32. The lowest BCUT2D eigenvalue weighted by Gasteiger charge is -2.32. The first kappa shape index (κ1) is 7.73. The number of nitrogens with one attached hydrogen (secondary N) is 1. The van der Waals surface area contributed by atoms with E-state index in [1.165, 1.54) is 0 Å². The van der Waals surface area contributed by atoms with Crippen LogP contribution in [0.15, 0.2) is 0 Å². The van der Waals surface area contributed by atoms with Crippen LogP contribution in [-0.2, 0) is 4.79 Å². The second kappa shape index (κ2) is 2.70. The lowest BCUT2D eigenvalue weighted by molar-refractivity contribution is -0.121. The van der Waals surface area contributed by atoms with Gasteiger partial charge in [-0.05, 0) is 13.3 Å². The van der Waals surface area contributed by atoms with Crippen molar-refractivity contribution in [2.45, 2.75) is 38.6 Å². The molecular weight excluding hydrogens is 126 g/mol. The highest BCUT2D eigenvalue weighted by Crippen LogP contribution is 2.18. The van der Waals surface area contributed by atoms with Gasteiger partial charge < -0.3 is 5.32 Å². The lowest BCUT2D eigenvalue weighted by atomic mass is 9.88. The van der Waals surface area contributed by atoms with Crippen LogP contribution < -0.4 is 5.32 Å². The molecule has 1 N–H and O–H groups in total. The predicted octanol–water partition coefficient (Wildman–Crippen LogP) is 1.11. The molecule has 0 aromatic heterocycles. The minimum absolute atomic E-state index is 0.0926. The molecule has 1 heterocycles. The molecule has 1 rings (SSSR count). The first-order chi connectivity index (χ1) is 4.66. The monoisotopic (exact) mass is 141 g/mol. The van der Waals surface area contributed by atoms with Gasteiger partial charge >= 0.3 is 0 Å². The molecule has 0 aromatic carbocycles. The van der Waals surface area contributed by atoms with Gasteiger partial charge in [0.15, 0.2) is 0 Å². The fraction of sp³-hybridized carbons (Fsp3) is 0.875. The van der Waals surface area contributed by atoms with E-state index in [0.717, 1.165) is 19.4 Å². The van der Waals surface area contributed by atoms with Gasteiger partial charge in [0, 0.05) is 24.9 Å². The van der Waals surface area contributed by atoms with Crippen LogP contribution in [0.25, 0.3) is 0 Å². The van der Waals surface area contributed by atoms with Gasteiger partial charge in [-0.15, -0.1) is 0 Å². The van der Waals surface area contributed by atoms with Crippen molar-refractivity contribution < 1.29 is 4.79 Å². The van der Waals surface area contributed by atoms with Crippen LogP contribution in [0.5, 0.6) is 0 Å². The zero-order chi connectivity index (χ0) is 7.61. The van der Waals surface area contributed by atoms with E-state index in [4.69, 9.17) is 0 Å². The molecule has 0 amide bonds. The SMILES string of the molecule is CCC1(C)CC(=O)CCN1. The van der Waals surface area contributed by atoms with Gasteiger partial charge in [-0.25, -0.2) is 0 Å². The normalized spacial score (nSPS) is 34.4. The van der Waals surface area contributed by atoms with Gasteiger partial charge in [-0.1, -0.05) is 6.92 Å². The van der Waals surface area contributed by atoms with Crippen LogP contribution in [0.2, 0.25) is 0 Å². The zero-order valence-corrected chi connectivity index (χ0v) is 6.74. The molecule has 1 aliphatic rings. The Hall–Kier alpha value is -0.370. The Morgan fingerprint density at radius 1 is 1.70 bits per heavy atom. The molecule has 1 unspecified atom stereocenters. The Bertz CT molecular complexity index is 144. The van der Waals surface area contributed by atoms with E-state index < -0.39 is 0 Å². The summed E-state index contributed by atoms with van der Waals surface area (Å²) < 4.78 is 0. The average Bonchev–Trinajstić information content (AvgIpc) is 1.88. The van der Waals surface area contributed by atoms with Crippen molar-refractivity contribution in [3.63, 3.8) is 0 Å². The van der Waals surface area contributed by atoms with E-state index >= 15 is 0 Å². The van der Waals surface area contributed by atoms with E-state index in [1.54, 1.807) is 0 Å². The molecule has 2 nitrogen and oxygen atoms in total. The van der Waals surface area contributed by atoms with Crippen molar-refractivity contribution in [3.05, 3.63) is 0 Å². The molecular formula is C8H15NO. The van der Waals surface area contributed by atoms with Gasteiger partial charge in [0.05, 0.1) is 0 Å². The number of piperidine rings is 1. The Balaban J connectivity index is 2.53. The quantitative estimate of drug-likeness (QED) is 0.592. The molecule has 0 bridgehead atoms. The second-order valence-electron chi connectivity index (χ2n) is 3.31. The van der Waals surface area contributed by atoms with Crippen molar-refractivity contribution in [2.75, 3.05) is 6.54 Å². The smallest absolute Gasteiger partial charge is 0.136 e. The molecule has 2 heteroatoms. The van der Waals surface area contributed by atoms with Crippen LogP contribution >= 0.6 is 0 Å². The topological polar surface area (TPSA) is 29.1 Å². The Labute approximate surface area is 62.0 Å². The predicted molar refractivity (Wildman–Crippen MR) is 40.9 cm³/mol. The highest BCUT2D eigenvalue weighted by atomic mass is 16.1. The van der Waals surface area contributed by atoms with Crippen LogP contribution in [0.4, 0.5) is 0 Å². The maximum Gasteiger partial charge on any atom is 0.136 e. The number of hydrogen-bond donors (Lipinski definition) is 1. The summed E-state index contributed by atoms with van der Waals surface area (Å²) in [6.07, 6.45) is 2.47. The molecule has 0 aromatic rings. The molecule has 0 saturated carbocycles. The minimum atomic E-state index is 0.0926. The van der Waals surface area contributed by atoms with Crippen LogP contribution in [0, 0.1) is 0 Å². The van der Waals surface area contributed by atoms with Crippen LogP contribution in [0.1, 0.15) is 33.1 Å². The third kappa shape index (κ3) is 1.57. The number of ketones is 1. The summed E-state index contributed by atoms with van der Waals surface area (Å²) in [5, 5.41) is 3.35. The summed E-state index contributed by atoms with van der Waals surface area (Å²) in [5.41, 5.74) is 0.0926. The maximum atomic E-state index is 11.0. The highest BCUT2D eigenvalue weighted by Gasteiger charge is 2.28. The molecule has 58 valence electrons. The summed E-state index contributed by atoms with van der Waals surface area (Å²) in [7, 11) is 0. The van der Waals surface area contributed by atoms with Crippen molar-refractivity contribution in [1.82, 2.24) is 5.32 Å².